The van der Waals surface area contributed by atoms with Crippen molar-refractivity contribution in [3.8, 4) is 0 Å². The molecule has 1 unspecified atom stereocenters. The normalized spacial score (nSPS) is 16.0. The van der Waals surface area contributed by atoms with Gasteiger partial charge >= 0.3 is 0 Å². The van der Waals surface area contributed by atoms with E-state index in [1.54, 1.807) is 19.2 Å². The second kappa shape index (κ2) is 7.06. The van der Waals surface area contributed by atoms with Crippen LogP contribution in [-0.2, 0) is 15.0 Å². The van der Waals surface area contributed by atoms with Gasteiger partial charge in [-0.3, -0.25) is 9.59 Å². The largest absolute Gasteiger partial charge is 0.357 e. The molecule has 1 aliphatic carbocycles. The Labute approximate surface area is 156 Å². The molecule has 4 nitrogen and oxygen atoms in total. The van der Waals surface area contributed by atoms with Crippen LogP contribution in [0, 0.1) is 0 Å². The molecule has 0 aromatic heterocycles. The smallest absolute Gasteiger partial charge is 0.246 e. The van der Waals surface area contributed by atoms with Gasteiger partial charge in [-0.15, -0.1) is 0 Å². The molecule has 2 aromatic carbocycles. The standard InChI is InChI=1S/C19H18Cl2N2O2/c1-22-17(24)16(12-5-3-2-4-6-12)23-18(25)19(9-10-19)13-7-8-14(20)15(21)11-13/h2-8,11,16H,9-10H2,1H3,(H,22,24)(H,23,25). The Hall–Kier alpha value is -2.04. The van der Waals surface area contributed by atoms with Crippen LogP contribution in [0.1, 0.15) is 30.0 Å². The van der Waals surface area contributed by atoms with Crippen molar-refractivity contribution in [2.75, 3.05) is 7.05 Å². The van der Waals surface area contributed by atoms with Crippen LogP contribution < -0.4 is 10.6 Å². The first kappa shape index (κ1) is 17.8. The van der Waals surface area contributed by atoms with Gasteiger partial charge in [-0.25, -0.2) is 0 Å². The van der Waals surface area contributed by atoms with Crippen LogP contribution in [-0.4, -0.2) is 18.9 Å². The lowest BCUT2D eigenvalue weighted by molar-refractivity contribution is -0.130. The van der Waals surface area contributed by atoms with Gasteiger partial charge in [0.2, 0.25) is 11.8 Å². The van der Waals surface area contributed by atoms with E-state index in [2.05, 4.69) is 10.6 Å². The molecular formula is C19H18Cl2N2O2. The first-order chi connectivity index (χ1) is 12.0. The Morgan fingerprint density at radius 1 is 1.04 bits per heavy atom. The minimum absolute atomic E-state index is 0.177. The Kier molecular flexibility index (Phi) is 5.02. The van der Waals surface area contributed by atoms with E-state index in [0.29, 0.717) is 22.9 Å². The molecule has 6 heteroatoms. The van der Waals surface area contributed by atoms with Crippen molar-refractivity contribution in [3.05, 3.63) is 69.7 Å². The fourth-order valence-electron chi connectivity index (χ4n) is 2.92. The third kappa shape index (κ3) is 3.51. The number of nitrogens with one attached hydrogen (secondary N) is 2. The highest BCUT2D eigenvalue weighted by atomic mass is 35.5. The zero-order valence-electron chi connectivity index (χ0n) is 13.7. The number of hydrogen-bond acceptors (Lipinski definition) is 2. The maximum Gasteiger partial charge on any atom is 0.246 e. The van der Waals surface area contributed by atoms with Crippen molar-refractivity contribution in [2.24, 2.45) is 0 Å². The third-order valence-electron chi connectivity index (χ3n) is 4.57. The predicted octanol–water partition coefficient (Wildman–Crippen LogP) is 3.63. The van der Waals surface area contributed by atoms with E-state index in [0.717, 1.165) is 11.1 Å². The summed E-state index contributed by atoms with van der Waals surface area (Å²) in [5, 5.41) is 6.37. The van der Waals surface area contributed by atoms with Crippen molar-refractivity contribution in [3.63, 3.8) is 0 Å². The minimum atomic E-state index is -0.737. The topological polar surface area (TPSA) is 58.2 Å². The van der Waals surface area contributed by atoms with Gasteiger partial charge in [-0.05, 0) is 36.1 Å². The van der Waals surface area contributed by atoms with Crippen LogP contribution in [0.4, 0.5) is 0 Å². The summed E-state index contributed by atoms with van der Waals surface area (Å²) in [6, 6.07) is 13.7. The highest BCUT2D eigenvalue weighted by molar-refractivity contribution is 6.42. The van der Waals surface area contributed by atoms with E-state index in [1.165, 1.54) is 0 Å². The summed E-state index contributed by atoms with van der Waals surface area (Å²) in [7, 11) is 1.55. The third-order valence-corrected chi connectivity index (χ3v) is 5.31. The average Bonchev–Trinajstić information content (AvgIpc) is 3.44. The molecule has 0 aliphatic heterocycles. The lowest BCUT2D eigenvalue weighted by atomic mass is 9.94. The summed E-state index contributed by atoms with van der Waals surface area (Å²) in [4.78, 5) is 25.2. The van der Waals surface area contributed by atoms with Crippen molar-refractivity contribution < 1.29 is 9.59 Å². The lowest BCUT2D eigenvalue weighted by Gasteiger charge is -2.22. The first-order valence-corrected chi connectivity index (χ1v) is 8.76. The van der Waals surface area contributed by atoms with Gasteiger partial charge in [0.1, 0.15) is 6.04 Å². The van der Waals surface area contributed by atoms with Crippen molar-refractivity contribution in [1.82, 2.24) is 10.6 Å². The second-order valence-electron chi connectivity index (χ2n) is 6.14. The molecule has 1 fully saturated rings. The predicted molar refractivity (Wildman–Crippen MR) is 98.8 cm³/mol. The number of hydrogen-bond donors (Lipinski definition) is 2. The zero-order valence-corrected chi connectivity index (χ0v) is 15.2. The lowest BCUT2D eigenvalue weighted by Crippen LogP contribution is -2.43. The molecule has 2 aromatic rings. The van der Waals surface area contributed by atoms with E-state index in [-0.39, 0.29) is 11.8 Å². The van der Waals surface area contributed by atoms with E-state index >= 15 is 0 Å². The number of halogens is 2. The molecule has 1 atom stereocenters. The van der Waals surface area contributed by atoms with Gasteiger partial charge in [0, 0.05) is 7.05 Å². The second-order valence-corrected chi connectivity index (χ2v) is 6.96. The van der Waals surface area contributed by atoms with Gasteiger partial charge in [-0.2, -0.15) is 0 Å². The molecule has 1 aliphatic rings. The Morgan fingerprint density at radius 3 is 2.28 bits per heavy atom. The molecule has 0 saturated heterocycles. The van der Waals surface area contributed by atoms with Crippen LogP contribution in [0.2, 0.25) is 10.0 Å². The summed E-state index contributed by atoms with van der Waals surface area (Å²) < 4.78 is 0. The van der Waals surface area contributed by atoms with Crippen molar-refractivity contribution >= 4 is 35.0 Å². The summed E-state index contributed by atoms with van der Waals surface area (Å²) in [5.74, 6) is -0.437. The van der Waals surface area contributed by atoms with Gasteiger partial charge in [-0.1, -0.05) is 59.6 Å². The Morgan fingerprint density at radius 2 is 1.72 bits per heavy atom. The molecule has 130 valence electrons. The number of carbonyl (C=O) groups is 2. The minimum Gasteiger partial charge on any atom is -0.357 e. The summed E-state index contributed by atoms with van der Waals surface area (Å²) in [6.45, 7) is 0. The Balaban J connectivity index is 1.86. The summed E-state index contributed by atoms with van der Waals surface area (Å²) in [6.07, 6.45) is 1.43. The van der Waals surface area contributed by atoms with Gasteiger partial charge in [0.05, 0.1) is 15.5 Å². The zero-order chi connectivity index (χ0) is 18.0. The van der Waals surface area contributed by atoms with Gasteiger partial charge in [0.25, 0.3) is 0 Å². The molecule has 0 heterocycles. The van der Waals surface area contributed by atoms with Crippen LogP contribution in [0.25, 0.3) is 0 Å². The highest BCUT2D eigenvalue weighted by Crippen LogP contribution is 2.49. The quantitative estimate of drug-likeness (QED) is 0.836. The van der Waals surface area contributed by atoms with Crippen molar-refractivity contribution in [2.45, 2.75) is 24.3 Å². The van der Waals surface area contributed by atoms with E-state index in [4.69, 9.17) is 23.2 Å². The SMILES string of the molecule is CNC(=O)C(NC(=O)C1(c2ccc(Cl)c(Cl)c2)CC1)c1ccccc1. The molecule has 25 heavy (non-hydrogen) atoms. The van der Waals surface area contributed by atoms with Gasteiger partial charge < -0.3 is 10.6 Å². The maximum atomic E-state index is 13.0. The molecule has 0 radical (unpaired) electrons. The fraction of sp³-hybridized carbons (Fsp3) is 0.263. The molecule has 2 N–H and O–H groups in total. The molecule has 0 spiro atoms. The van der Waals surface area contributed by atoms with Gasteiger partial charge in [0.15, 0.2) is 0 Å². The van der Waals surface area contributed by atoms with Crippen LogP contribution in [0.3, 0.4) is 0 Å². The van der Waals surface area contributed by atoms with Crippen LogP contribution in [0.5, 0.6) is 0 Å². The Bertz CT molecular complexity index is 804. The fourth-order valence-corrected chi connectivity index (χ4v) is 3.22. The summed E-state index contributed by atoms with van der Waals surface area (Å²) in [5.41, 5.74) is 0.915. The van der Waals surface area contributed by atoms with Crippen molar-refractivity contribution in [1.29, 1.82) is 0 Å². The number of likely N-dealkylation sites (N-methyl/N-ethyl adjacent to an activating group) is 1. The highest BCUT2D eigenvalue weighted by Gasteiger charge is 2.52. The summed E-state index contributed by atoms with van der Waals surface area (Å²) >= 11 is 12.1. The van der Waals surface area contributed by atoms with E-state index in [9.17, 15) is 9.59 Å². The number of benzene rings is 2. The molecule has 2 amide bonds. The van der Waals surface area contributed by atoms with E-state index < -0.39 is 11.5 Å². The number of rotatable bonds is 5. The van der Waals surface area contributed by atoms with E-state index in [1.807, 2.05) is 36.4 Å². The molecule has 1 saturated carbocycles. The molecule has 0 bridgehead atoms. The van der Waals surface area contributed by atoms with Crippen LogP contribution >= 0.6 is 23.2 Å². The molecule has 3 rings (SSSR count). The number of amides is 2. The number of carbonyl (C=O) groups excluding carboxylic acids is 2. The first-order valence-electron chi connectivity index (χ1n) is 8.01. The monoisotopic (exact) mass is 376 g/mol. The average molecular weight is 377 g/mol. The van der Waals surface area contributed by atoms with Crippen LogP contribution in [0.15, 0.2) is 48.5 Å². The maximum absolute atomic E-state index is 13.0. The molecular weight excluding hydrogens is 359 g/mol.